The predicted molar refractivity (Wildman–Crippen MR) is 44.5 cm³/mol. The van der Waals surface area contributed by atoms with Crippen molar-refractivity contribution in [3.8, 4) is 5.69 Å². The first kappa shape index (κ1) is 7.66. The Kier molecular flexibility index (Phi) is 1.66. The monoisotopic (exact) mass is 177 g/mol. The summed E-state index contributed by atoms with van der Waals surface area (Å²) in [5, 5.41) is 9.21. The number of nitrogens with one attached hydrogen (secondary N) is 1. The average Bonchev–Trinajstić information content (AvgIpc) is 2.52. The molecule has 0 radical (unpaired) electrons. The highest BCUT2D eigenvalue weighted by Gasteiger charge is 2.04. The Morgan fingerprint density at radius 2 is 2.38 bits per heavy atom. The minimum Gasteiger partial charge on any atom is -0.262 e. The summed E-state index contributed by atoms with van der Waals surface area (Å²) in [6.45, 7) is 1.87. The molecule has 2 heterocycles. The summed E-state index contributed by atoms with van der Waals surface area (Å²) in [5.74, 6) is 0. The molecule has 0 aliphatic carbocycles. The molecule has 0 aliphatic heterocycles. The van der Waals surface area contributed by atoms with E-state index in [1.807, 2.05) is 6.92 Å². The van der Waals surface area contributed by atoms with E-state index in [4.69, 9.17) is 0 Å². The third-order valence-electron chi connectivity index (χ3n) is 1.71. The summed E-state index contributed by atoms with van der Waals surface area (Å²) in [4.78, 5) is 15.0. The summed E-state index contributed by atoms with van der Waals surface area (Å²) < 4.78 is 1.17. The van der Waals surface area contributed by atoms with Crippen molar-refractivity contribution < 1.29 is 0 Å². The molecule has 1 N–H and O–H groups in total. The number of aryl methyl sites for hydroxylation is 1. The standard InChI is InChI=1S/C7H7N5O/c1-5-2-3-8-4-6(5)12-7(13)9-10-11-12/h2-4H,1H3,(H,9,11,13). The molecule has 66 valence electrons. The van der Waals surface area contributed by atoms with Gasteiger partial charge in [0.05, 0.1) is 11.9 Å². The van der Waals surface area contributed by atoms with Crippen LogP contribution in [0.5, 0.6) is 0 Å². The lowest BCUT2D eigenvalue weighted by Crippen LogP contribution is -2.17. The lowest BCUT2D eigenvalue weighted by atomic mass is 10.2. The first-order chi connectivity index (χ1) is 6.29. The van der Waals surface area contributed by atoms with Gasteiger partial charge in [0.1, 0.15) is 0 Å². The first-order valence-electron chi connectivity index (χ1n) is 3.70. The van der Waals surface area contributed by atoms with Crippen molar-refractivity contribution >= 4 is 0 Å². The molecule has 2 aromatic heterocycles. The molecule has 2 rings (SSSR count). The highest BCUT2D eigenvalue weighted by Crippen LogP contribution is 2.06. The van der Waals surface area contributed by atoms with Crippen LogP contribution in [0.4, 0.5) is 0 Å². The molecule has 0 amide bonds. The maximum atomic E-state index is 11.1. The Labute approximate surface area is 73.2 Å². The number of aromatic amines is 1. The smallest absolute Gasteiger partial charge is 0.262 e. The summed E-state index contributed by atoms with van der Waals surface area (Å²) >= 11 is 0. The van der Waals surface area contributed by atoms with Crippen LogP contribution in [-0.2, 0) is 0 Å². The Morgan fingerprint density at radius 1 is 1.54 bits per heavy atom. The van der Waals surface area contributed by atoms with Crippen LogP contribution in [-0.4, -0.2) is 25.2 Å². The number of tetrazole rings is 1. The van der Waals surface area contributed by atoms with Crippen molar-refractivity contribution in [1.29, 1.82) is 0 Å². The van der Waals surface area contributed by atoms with E-state index in [9.17, 15) is 4.79 Å². The van der Waals surface area contributed by atoms with Crippen LogP contribution in [0.1, 0.15) is 5.56 Å². The van der Waals surface area contributed by atoms with Gasteiger partial charge in [-0.1, -0.05) is 0 Å². The van der Waals surface area contributed by atoms with E-state index < -0.39 is 0 Å². The Balaban J connectivity index is 2.66. The first-order valence-corrected chi connectivity index (χ1v) is 3.70. The topological polar surface area (TPSA) is 76.5 Å². The van der Waals surface area contributed by atoms with E-state index in [0.717, 1.165) is 5.56 Å². The highest BCUT2D eigenvalue weighted by atomic mass is 16.2. The van der Waals surface area contributed by atoms with Crippen molar-refractivity contribution in [2.24, 2.45) is 0 Å². The molecular formula is C7H7N5O. The number of hydrogen-bond acceptors (Lipinski definition) is 4. The van der Waals surface area contributed by atoms with Crippen LogP contribution in [0, 0.1) is 6.92 Å². The Morgan fingerprint density at radius 3 is 3.00 bits per heavy atom. The van der Waals surface area contributed by atoms with E-state index in [0.29, 0.717) is 5.69 Å². The molecule has 0 saturated heterocycles. The van der Waals surface area contributed by atoms with Gasteiger partial charge >= 0.3 is 5.69 Å². The van der Waals surface area contributed by atoms with Gasteiger partial charge in [0.2, 0.25) is 0 Å². The van der Waals surface area contributed by atoms with E-state index in [1.54, 1.807) is 18.5 Å². The molecule has 2 aromatic rings. The lowest BCUT2D eigenvalue weighted by molar-refractivity contribution is 0.772. The van der Waals surface area contributed by atoms with Crippen LogP contribution in [0.25, 0.3) is 5.69 Å². The summed E-state index contributed by atoms with van der Waals surface area (Å²) in [7, 11) is 0. The van der Waals surface area contributed by atoms with Crippen molar-refractivity contribution in [3.05, 3.63) is 34.5 Å². The van der Waals surface area contributed by atoms with Gasteiger partial charge in [0, 0.05) is 6.20 Å². The van der Waals surface area contributed by atoms with Crippen molar-refractivity contribution in [2.45, 2.75) is 6.92 Å². The fraction of sp³-hybridized carbons (Fsp3) is 0.143. The number of hydrogen-bond donors (Lipinski definition) is 1. The number of H-pyrrole nitrogens is 1. The third kappa shape index (κ3) is 1.22. The zero-order valence-corrected chi connectivity index (χ0v) is 6.93. The molecule has 6 nitrogen and oxygen atoms in total. The molecule has 0 aliphatic rings. The van der Waals surface area contributed by atoms with E-state index in [2.05, 4.69) is 20.5 Å². The SMILES string of the molecule is Cc1ccncc1-n1nn[nH]c1=O. The summed E-state index contributed by atoms with van der Waals surface area (Å²) in [6, 6.07) is 1.80. The second kappa shape index (κ2) is 2.81. The van der Waals surface area contributed by atoms with Crippen LogP contribution < -0.4 is 5.69 Å². The van der Waals surface area contributed by atoms with Gasteiger partial charge in [-0.3, -0.25) is 4.98 Å². The zero-order valence-electron chi connectivity index (χ0n) is 6.93. The molecule has 13 heavy (non-hydrogen) atoms. The molecule has 0 bridgehead atoms. The summed E-state index contributed by atoms with van der Waals surface area (Å²) in [6.07, 6.45) is 3.23. The van der Waals surface area contributed by atoms with Crippen LogP contribution >= 0.6 is 0 Å². The average molecular weight is 177 g/mol. The zero-order chi connectivity index (χ0) is 9.26. The summed E-state index contributed by atoms with van der Waals surface area (Å²) in [5.41, 5.74) is 1.20. The lowest BCUT2D eigenvalue weighted by Gasteiger charge is -1.99. The largest absolute Gasteiger partial charge is 0.365 e. The molecule has 0 aromatic carbocycles. The van der Waals surface area contributed by atoms with Crippen molar-refractivity contribution in [2.75, 3.05) is 0 Å². The van der Waals surface area contributed by atoms with Gasteiger partial charge in [0.25, 0.3) is 0 Å². The van der Waals surface area contributed by atoms with Gasteiger partial charge < -0.3 is 0 Å². The molecular weight excluding hydrogens is 170 g/mol. The predicted octanol–water partition coefficient (Wildman–Crippen LogP) is -0.341. The van der Waals surface area contributed by atoms with Gasteiger partial charge in [-0.2, -0.15) is 4.68 Å². The van der Waals surface area contributed by atoms with Gasteiger partial charge in [-0.25, -0.2) is 9.89 Å². The number of rotatable bonds is 1. The minimum absolute atomic E-state index is 0.365. The second-order valence-corrected chi connectivity index (χ2v) is 2.58. The van der Waals surface area contributed by atoms with E-state index in [1.165, 1.54) is 4.68 Å². The van der Waals surface area contributed by atoms with E-state index >= 15 is 0 Å². The van der Waals surface area contributed by atoms with Crippen molar-refractivity contribution in [3.63, 3.8) is 0 Å². The number of aromatic nitrogens is 5. The minimum atomic E-state index is -0.365. The number of nitrogens with zero attached hydrogens (tertiary/aromatic N) is 4. The van der Waals surface area contributed by atoms with Gasteiger partial charge in [-0.05, 0) is 29.0 Å². The van der Waals surface area contributed by atoms with Gasteiger partial charge in [0.15, 0.2) is 0 Å². The fourth-order valence-corrected chi connectivity index (χ4v) is 1.03. The second-order valence-electron chi connectivity index (χ2n) is 2.58. The van der Waals surface area contributed by atoms with Crippen LogP contribution in [0.2, 0.25) is 0 Å². The highest BCUT2D eigenvalue weighted by molar-refractivity contribution is 5.35. The molecule has 0 unspecified atom stereocenters. The Bertz CT molecular complexity index is 471. The normalized spacial score (nSPS) is 10.2. The Hall–Kier alpha value is -1.98. The van der Waals surface area contributed by atoms with Gasteiger partial charge in [-0.15, -0.1) is 0 Å². The van der Waals surface area contributed by atoms with Crippen molar-refractivity contribution in [1.82, 2.24) is 25.2 Å². The van der Waals surface area contributed by atoms with Crippen LogP contribution in [0.3, 0.4) is 0 Å². The quantitative estimate of drug-likeness (QED) is 0.646. The molecule has 0 fully saturated rings. The molecule has 0 spiro atoms. The number of pyridine rings is 1. The maximum absolute atomic E-state index is 11.1. The van der Waals surface area contributed by atoms with Crippen LogP contribution in [0.15, 0.2) is 23.3 Å². The molecule has 0 saturated carbocycles. The van der Waals surface area contributed by atoms with E-state index in [-0.39, 0.29) is 5.69 Å². The fourth-order valence-electron chi connectivity index (χ4n) is 1.03. The maximum Gasteiger partial charge on any atom is 0.365 e. The molecule has 6 heteroatoms. The third-order valence-corrected chi connectivity index (χ3v) is 1.71. The molecule has 0 atom stereocenters.